The average molecular weight is 280 g/mol. The summed E-state index contributed by atoms with van der Waals surface area (Å²) < 4.78 is 0. The zero-order chi connectivity index (χ0) is 15.2. The van der Waals surface area contributed by atoms with E-state index in [4.69, 9.17) is 5.11 Å². The summed E-state index contributed by atoms with van der Waals surface area (Å²) in [7, 11) is 0. The normalized spacial score (nSPS) is 11.8. The summed E-state index contributed by atoms with van der Waals surface area (Å²) in [5.74, 6) is 0. The van der Waals surface area contributed by atoms with E-state index in [1.807, 2.05) is 6.07 Å². The molecule has 0 fully saturated rings. The van der Waals surface area contributed by atoms with Crippen molar-refractivity contribution >= 4 is 5.69 Å². The van der Waals surface area contributed by atoms with Crippen LogP contribution in [0.3, 0.4) is 0 Å². The summed E-state index contributed by atoms with van der Waals surface area (Å²) in [6.07, 6.45) is 0.677. The standard InChI is InChI=1S/C15H24N2O3/c1-15(2,3)12-16(9-6-10-18)11-13-7-4-5-8-14(13)17(19)20/h4-5,7-8,18H,6,9-12H2,1-3H3. The van der Waals surface area contributed by atoms with E-state index in [1.54, 1.807) is 12.1 Å². The van der Waals surface area contributed by atoms with Crippen molar-refractivity contribution < 1.29 is 10.0 Å². The van der Waals surface area contributed by atoms with Crippen molar-refractivity contribution in [2.75, 3.05) is 19.7 Å². The van der Waals surface area contributed by atoms with Crippen molar-refractivity contribution in [1.82, 2.24) is 4.90 Å². The van der Waals surface area contributed by atoms with Crippen LogP contribution in [-0.2, 0) is 6.54 Å². The lowest BCUT2D eigenvalue weighted by Gasteiger charge is -2.29. The minimum absolute atomic E-state index is 0.110. The molecule has 0 radical (unpaired) electrons. The summed E-state index contributed by atoms with van der Waals surface area (Å²) in [5, 5.41) is 20.0. The van der Waals surface area contributed by atoms with Gasteiger partial charge in [0.1, 0.15) is 0 Å². The fourth-order valence-corrected chi connectivity index (χ4v) is 2.24. The number of hydrogen-bond acceptors (Lipinski definition) is 4. The number of nitro benzene ring substituents is 1. The second-order valence-electron chi connectivity index (χ2n) is 6.23. The number of nitro groups is 1. The van der Waals surface area contributed by atoms with Gasteiger partial charge in [0.15, 0.2) is 0 Å². The lowest BCUT2D eigenvalue weighted by Crippen LogP contribution is -2.33. The van der Waals surface area contributed by atoms with Crippen molar-refractivity contribution in [3.8, 4) is 0 Å². The third kappa shape index (κ3) is 5.67. The van der Waals surface area contributed by atoms with Crippen LogP contribution in [0.2, 0.25) is 0 Å². The minimum Gasteiger partial charge on any atom is -0.396 e. The van der Waals surface area contributed by atoms with Crippen LogP contribution in [-0.4, -0.2) is 34.6 Å². The van der Waals surface area contributed by atoms with Gasteiger partial charge in [0, 0.05) is 37.9 Å². The number of aliphatic hydroxyl groups is 1. The fraction of sp³-hybridized carbons (Fsp3) is 0.600. The zero-order valence-electron chi connectivity index (χ0n) is 12.5. The van der Waals surface area contributed by atoms with Gasteiger partial charge in [-0.2, -0.15) is 0 Å². The van der Waals surface area contributed by atoms with E-state index in [9.17, 15) is 10.1 Å². The van der Waals surface area contributed by atoms with Gasteiger partial charge in [-0.15, -0.1) is 0 Å². The monoisotopic (exact) mass is 280 g/mol. The molecule has 0 amide bonds. The smallest absolute Gasteiger partial charge is 0.273 e. The quantitative estimate of drug-likeness (QED) is 0.616. The van der Waals surface area contributed by atoms with E-state index >= 15 is 0 Å². The van der Waals surface area contributed by atoms with Gasteiger partial charge >= 0.3 is 0 Å². The Labute approximate surface area is 120 Å². The van der Waals surface area contributed by atoms with Gasteiger partial charge < -0.3 is 5.11 Å². The summed E-state index contributed by atoms with van der Waals surface area (Å²) in [6.45, 7) is 8.65. The predicted octanol–water partition coefficient (Wildman–Crippen LogP) is 2.83. The van der Waals surface area contributed by atoms with Crippen LogP contribution in [0.1, 0.15) is 32.8 Å². The molecule has 0 atom stereocenters. The van der Waals surface area contributed by atoms with Crippen molar-refractivity contribution in [3.63, 3.8) is 0 Å². The molecule has 0 heterocycles. The Morgan fingerprint density at radius 1 is 1.30 bits per heavy atom. The first-order valence-corrected chi connectivity index (χ1v) is 6.89. The molecule has 5 nitrogen and oxygen atoms in total. The Bertz CT molecular complexity index is 441. The highest BCUT2D eigenvalue weighted by Crippen LogP contribution is 2.22. The van der Waals surface area contributed by atoms with Gasteiger partial charge in [-0.25, -0.2) is 0 Å². The van der Waals surface area contributed by atoms with Crippen LogP contribution in [0.15, 0.2) is 24.3 Å². The van der Waals surface area contributed by atoms with Gasteiger partial charge in [0.2, 0.25) is 0 Å². The van der Waals surface area contributed by atoms with Crippen LogP contribution >= 0.6 is 0 Å². The molecule has 1 aromatic rings. The Kier molecular flexibility index (Phi) is 6.10. The number of para-hydroxylation sites is 1. The SMILES string of the molecule is CC(C)(C)CN(CCCO)Cc1ccccc1[N+](=O)[O-]. The molecule has 1 rings (SSSR count). The molecule has 0 aliphatic heterocycles. The Morgan fingerprint density at radius 3 is 2.50 bits per heavy atom. The lowest BCUT2D eigenvalue weighted by atomic mass is 9.95. The highest BCUT2D eigenvalue weighted by atomic mass is 16.6. The molecule has 1 N–H and O–H groups in total. The number of nitrogens with zero attached hydrogens (tertiary/aromatic N) is 2. The van der Waals surface area contributed by atoms with Crippen LogP contribution < -0.4 is 0 Å². The molecule has 0 unspecified atom stereocenters. The topological polar surface area (TPSA) is 66.6 Å². The summed E-state index contributed by atoms with van der Waals surface area (Å²) >= 11 is 0. The number of hydrogen-bond donors (Lipinski definition) is 1. The first kappa shape index (κ1) is 16.6. The van der Waals surface area contributed by atoms with Crippen LogP contribution in [0, 0.1) is 15.5 Å². The Morgan fingerprint density at radius 2 is 1.95 bits per heavy atom. The molecular formula is C15H24N2O3. The highest BCUT2D eigenvalue weighted by Gasteiger charge is 2.20. The molecular weight excluding hydrogens is 256 g/mol. The largest absolute Gasteiger partial charge is 0.396 e. The van der Waals surface area contributed by atoms with Crippen molar-refractivity contribution in [2.45, 2.75) is 33.7 Å². The van der Waals surface area contributed by atoms with Gasteiger partial charge in [-0.1, -0.05) is 39.0 Å². The van der Waals surface area contributed by atoms with Crippen LogP contribution in [0.5, 0.6) is 0 Å². The summed E-state index contributed by atoms with van der Waals surface area (Å²) in [6, 6.07) is 6.84. The van der Waals surface area contributed by atoms with E-state index in [-0.39, 0.29) is 22.6 Å². The molecule has 112 valence electrons. The van der Waals surface area contributed by atoms with E-state index in [0.29, 0.717) is 13.0 Å². The van der Waals surface area contributed by atoms with Gasteiger partial charge in [-0.05, 0) is 11.8 Å². The van der Waals surface area contributed by atoms with Crippen LogP contribution in [0.4, 0.5) is 5.69 Å². The highest BCUT2D eigenvalue weighted by molar-refractivity contribution is 5.39. The van der Waals surface area contributed by atoms with Crippen molar-refractivity contribution in [2.24, 2.45) is 5.41 Å². The van der Waals surface area contributed by atoms with Gasteiger partial charge in [-0.3, -0.25) is 15.0 Å². The summed E-state index contributed by atoms with van der Waals surface area (Å²) in [4.78, 5) is 12.9. The van der Waals surface area contributed by atoms with E-state index in [0.717, 1.165) is 18.7 Å². The molecule has 0 saturated heterocycles. The van der Waals surface area contributed by atoms with Gasteiger partial charge in [0.25, 0.3) is 5.69 Å². The number of aliphatic hydroxyl groups excluding tert-OH is 1. The minimum atomic E-state index is -0.337. The maximum Gasteiger partial charge on any atom is 0.273 e. The number of benzene rings is 1. The predicted molar refractivity (Wildman–Crippen MR) is 79.5 cm³/mol. The molecule has 0 aromatic heterocycles. The maximum atomic E-state index is 11.0. The van der Waals surface area contributed by atoms with Crippen molar-refractivity contribution in [1.29, 1.82) is 0 Å². The second kappa shape index (κ2) is 7.36. The second-order valence-corrected chi connectivity index (χ2v) is 6.23. The molecule has 0 aliphatic rings. The van der Waals surface area contributed by atoms with E-state index in [1.165, 1.54) is 6.07 Å². The van der Waals surface area contributed by atoms with E-state index < -0.39 is 0 Å². The molecule has 0 bridgehead atoms. The fourth-order valence-electron chi connectivity index (χ4n) is 2.24. The Hall–Kier alpha value is -1.46. The van der Waals surface area contributed by atoms with E-state index in [2.05, 4.69) is 25.7 Å². The maximum absolute atomic E-state index is 11.0. The molecule has 1 aromatic carbocycles. The number of rotatable bonds is 7. The van der Waals surface area contributed by atoms with Crippen LogP contribution in [0.25, 0.3) is 0 Å². The molecule has 0 spiro atoms. The first-order chi connectivity index (χ1) is 9.33. The molecule has 5 heteroatoms. The van der Waals surface area contributed by atoms with Gasteiger partial charge in [0.05, 0.1) is 4.92 Å². The first-order valence-electron chi connectivity index (χ1n) is 6.89. The molecule has 0 saturated carbocycles. The third-order valence-electron chi connectivity index (χ3n) is 2.91. The average Bonchev–Trinajstić information content (AvgIpc) is 2.34. The molecule has 20 heavy (non-hydrogen) atoms. The zero-order valence-corrected chi connectivity index (χ0v) is 12.5. The summed E-state index contributed by atoms with van der Waals surface area (Å²) in [5.41, 5.74) is 0.994. The third-order valence-corrected chi connectivity index (χ3v) is 2.91. The lowest BCUT2D eigenvalue weighted by molar-refractivity contribution is -0.385. The van der Waals surface area contributed by atoms with Crippen molar-refractivity contribution in [3.05, 3.63) is 39.9 Å². The molecule has 0 aliphatic carbocycles. The Balaban J connectivity index is 2.86.